The molecule has 1 atom stereocenters. The molecular formula is C21H17F2N5O2. The van der Waals surface area contributed by atoms with E-state index in [0.717, 1.165) is 24.7 Å². The highest BCUT2D eigenvalue weighted by molar-refractivity contribution is 6.05. The first-order valence-corrected chi connectivity index (χ1v) is 9.58. The minimum atomic E-state index is -0.453. The summed E-state index contributed by atoms with van der Waals surface area (Å²) in [6, 6.07) is 5.47. The quantitative estimate of drug-likeness (QED) is 0.516. The Labute approximate surface area is 169 Å². The number of furan rings is 1. The normalized spacial score (nSPS) is 16.9. The van der Waals surface area contributed by atoms with Gasteiger partial charge < -0.3 is 9.32 Å². The van der Waals surface area contributed by atoms with Crippen LogP contribution < -0.4 is 0 Å². The van der Waals surface area contributed by atoms with Crippen molar-refractivity contribution in [2.24, 2.45) is 0 Å². The van der Waals surface area contributed by atoms with Gasteiger partial charge in [-0.05, 0) is 25.0 Å². The molecule has 1 unspecified atom stereocenters. The van der Waals surface area contributed by atoms with Crippen LogP contribution in [0.5, 0.6) is 0 Å². The summed E-state index contributed by atoms with van der Waals surface area (Å²) in [5.41, 5.74) is 1.98. The molecule has 1 fully saturated rings. The molecule has 0 N–H and O–H groups in total. The Hall–Kier alpha value is -3.62. The summed E-state index contributed by atoms with van der Waals surface area (Å²) in [7, 11) is 0. The number of rotatable bonds is 3. The summed E-state index contributed by atoms with van der Waals surface area (Å²) in [6.07, 6.45) is 7.43. The zero-order valence-electron chi connectivity index (χ0n) is 15.8. The fraction of sp³-hybridized carbons (Fsp3) is 0.238. The molecular weight excluding hydrogens is 392 g/mol. The number of piperidine rings is 1. The lowest BCUT2D eigenvalue weighted by atomic mass is 9.94. The van der Waals surface area contributed by atoms with E-state index in [-0.39, 0.29) is 11.8 Å². The Bertz CT molecular complexity index is 1240. The van der Waals surface area contributed by atoms with E-state index in [0.29, 0.717) is 35.3 Å². The number of carbonyl (C=O) groups excluding carboxylic acids is 1. The van der Waals surface area contributed by atoms with E-state index >= 15 is 0 Å². The van der Waals surface area contributed by atoms with Gasteiger partial charge in [0.25, 0.3) is 5.91 Å². The van der Waals surface area contributed by atoms with Crippen molar-refractivity contribution in [2.45, 2.75) is 18.8 Å². The molecule has 4 heterocycles. The molecule has 9 heteroatoms. The Morgan fingerprint density at radius 3 is 2.93 bits per heavy atom. The van der Waals surface area contributed by atoms with Crippen LogP contribution in [0, 0.1) is 11.6 Å². The summed E-state index contributed by atoms with van der Waals surface area (Å²) in [4.78, 5) is 18.7. The largest absolute Gasteiger partial charge is 0.463 e. The fourth-order valence-electron chi connectivity index (χ4n) is 3.86. The van der Waals surface area contributed by atoms with Crippen molar-refractivity contribution in [3.05, 3.63) is 72.0 Å². The lowest BCUT2D eigenvalue weighted by molar-refractivity contribution is 0.0707. The number of aromatic nitrogens is 4. The van der Waals surface area contributed by atoms with Gasteiger partial charge in [-0.15, -0.1) is 5.10 Å². The number of likely N-dealkylation sites (tertiary alicyclic amines) is 1. The SMILES string of the molecule is O=C(c1coc2cc(F)ccc12)N1CCCC(c2cn(-c3cncc(F)c3)nn2)C1. The molecule has 30 heavy (non-hydrogen) atoms. The van der Waals surface area contributed by atoms with E-state index in [1.807, 2.05) is 0 Å². The second kappa shape index (κ2) is 7.33. The molecule has 0 radical (unpaired) electrons. The van der Waals surface area contributed by atoms with Gasteiger partial charge in [-0.2, -0.15) is 0 Å². The molecule has 0 aliphatic carbocycles. The second-order valence-corrected chi connectivity index (χ2v) is 7.33. The first-order chi connectivity index (χ1) is 14.6. The number of nitrogens with zero attached hydrogens (tertiary/aromatic N) is 5. The number of benzene rings is 1. The lowest BCUT2D eigenvalue weighted by Crippen LogP contribution is -2.39. The van der Waals surface area contributed by atoms with Crippen LogP contribution in [-0.2, 0) is 0 Å². The van der Waals surface area contributed by atoms with Crippen molar-refractivity contribution in [2.75, 3.05) is 13.1 Å². The smallest absolute Gasteiger partial charge is 0.257 e. The topological polar surface area (TPSA) is 77.0 Å². The number of fused-ring (bicyclic) bond motifs is 1. The molecule has 1 aromatic carbocycles. The summed E-state index contributed by atoms with van der Waals surface area (Å²) < 4.78 is 33.7. The van der Waals surface area contributed by atoms with Crippen molar-refractivity contribution < 1.29 is 18.0 Å². The highest BCUT2D eigenvalue weighted by Gasteiger charge is 2.29. The molecule has 0 spiro atoms. The molecule has 0 bridgehead atoms. The molecule has 0 saturated carbocycles. The Morgan fingerprint density at radius 2 is 2.07 bits per heavy atom. The highest BCUT2D eigenvalue weighted by Crippen LogP contribution is 2.29. The van der Waals surface area contributed by atoms with Crippen LogP contribution in [0.15, 0.2) is 53.5 Å². The van der Waals surface area contributed by atoms with Crippen LogP contribution in [-0.4, -0.2) is 43.9 Å². The van der Waals surface area contributed by atoms with Gasteiger partial charge in [0.2, 0.25) is 0 Å². The summed E-state index contributed by atoms with van der Waals surface area (Å²) >= 11 is 0. The monoisotopic (exact) mass is 409 g/mol. The molecule has 1 aliphatic rings. The molecule has 1 saturated heterocycles. The Kier molecular flexibility index (Phi) is 4.50. The highest BCUT2D eigenvalue weighted by atomic mass is 19.1. The summed E-state index contributed by atoms with van der Waals surface area (Å²) in [6.45, 7) is 1.10. The van der Waals surface area contributed by atoms with Crippen LogP contribution in [0.1, 0.15) is 34.8 Å². The third-order valence-corrected chi connectivity index (χ3v) is 5.36. The predicted molar refractivity (Wildman–Crippen MR) is 103 cm³/mol. The van der Waals surface area contributed by atoms with Crippen LogP contribution in [0.2, 0.25) is 0 Å². The number of carbonyl (C=O) groups is 1. The van der Waals surface area contributed by atoms with E-state index in [1.54, 1.807) is 17.2 Å². The number of hydrogen-bond acceptors (Lipinski definition) is 5. The second-order valence-electron chi connectivity index (χ2n) is 7.33. The Balaban J connectivity index is 1.36. The van der Waals surface area contributed by atoms with Crippen molar-refractivity contribution in [1.82, 2.24) is 24.9 Å². The van der Waals surface area contributed by atoms with Crippen LogP contribution in [0.25, 0.3) is 16.7 Å². The zero-order valence-corrected chi connectivity index (χ0v) is 15.8. The minimum Gasteiger partial charge on any atom is -0.463 e. The van der Waals surface area contributed by atoms with Crippen molar-refractivity contribution in [3.8, 4) is 5.69 Å². The minimum absolute atomic E-state index is 0.00794. The average Bonchev–Trinajstić information content (AvgIpc) is 3.40. The third kappa shape index (κ3) is 3.32. The maximum absolute atomic E-state index is 13.4. The van der Waals surface area contributed by atoms with E-state index in [4.69, 9.17) is 4.42 Å². The van der Waals surface area contributed by atoms with Gasteiger partial charge in [0, 0.05) is 36.5 Å². The Morgan fingerprint density at radius 1 is 1.17 bits per heavy atom. The number of pyridine rings is 1. The first-order valence-electron chi connectivity index (χ1n) is 9.58. The maximum atomic E-state index is 13.4. The fourth-order valence-corrected chi connectivity index (χ4v) is 3.86. The summed E-state index contributed by atoms with van der Waals surface area (Å²) in [5, 5.41) is 8.90. The first kappa shape index (κ1) is 18.4. The van der Waals surface area contributed by atoms with Crippen LogP contribution >= 0.6 is 0 Å². The van der Waals surface area contributed by atoms with Crippen molar-refractivity contribution in [1.29, 1.82) is 0 Å². The number of hydrogen-bond donors (Lipinski definition) is 0. The van der Waals surface area contributed by atoms with Gasteiger partial charge in [0.15, 0.2) is 0 Å². The van der Waals surface area contributed by atoms with E-state index in [1.165, 1.54) is 35.3 Å². The molecule has 152 valence electrons. The van der Waals surface area contributed by atoms with Crippen LogP contribution in [0.3, 0.4) is 0 Å². The molecule has 3 aromatic heterocycles. The average molecular weight is 409 g/mol. The van der Waals surface area contributed by atoms with E-state index in [9.17, 15) is 13.6 Å². The van der Waals surface area contributed by atoms with Gasteiger partial charge in [0.1, 0.15) is 23.5 Å². The van der Waals surface area contributed by atoms with Crippen molar-refractivity contribution >= 4 is 16.9 Å². The summed E-state index contributed by atoms with van der Waals surface area (Å²) in [5.74, 6) is -1.02. The van der Waals surface area contributed by atoms with Crippen molar-refractivity contribution in [3.63, 3.8) is 0 Å². The lowest BCUT2D eigenvalue weighted by Gasteiger charge is -2.31. The third-order valence-electron chi connectivity index (χ3n) is 5.36. The predicted octanol–water partition coefficient (Wildman–Crippen LogP) is 3.71. The van der Waals surface area contributed by atoms with E-state index in [2.05, 4.69) is 15.3 Å². The van der Waals surface area contributed by atoms with Gasteiger partial charge >= 0.3 is 0 Å². The molecule has 1 aliphatic heterocycles. The van der Waals surface area contributed by atoms with Gasteiger partial charge in [0.05, 0.1) is 35.5 Å². The molecule has 7 nitrogen and oxygen atoms in total. The zero-order chi connectivity index (χ0) is 20.7. The standard InChI is InChI=1S/C21H17F2N5O2/c22-14-3-4-17-18(12-30-20(17)7-14)21(29)27-5-1-2-13(10-27)19-11-28(26-25-19)16-6-15(23)8-24-9-16/h3-4,6-9,11-13H,1-2,5,10H2. The number of halogens is 2. The van der Waals surface area contributed by atoms with E-state index < -0.39 is 11.6 Å². The molecule has 4 aromatic rings. The molecule has 1 amide bonds. The number of amides is 1. The van der Waals surface area contributed by atoms with Gasteiger partial charge in [-0.25, -0.2) is 13.5 Å². The maximum Gasteiger partial charge on any atom is 0.257 e. The van der Waals surface area contributed by atoms with Gasteiger partial charge in [-0.3, -0.25) is 9.78 Å². The molecule has 5 rings (SSSR count). The van der Waals surface area contributed by atoms with Gasteiger partial charge in [-0.1, -0.05) is 5.21 Å². The van der Waals surface area contributed by atoms with Crippen LogP contribution in [0.4, 0.5) is 8.78 Å².